The van der Waals surface area contributed by atoms with E-state index in [4.69, 9.17) is 25.3 Å². The van der Waals surface area contributed by atoms with Crippen molar-refractivity contribution in [3.8, 4) is 0 Å². The van der Waals surface area contributed by atoms with Crippen LogP contribution in [0.15, 0.2) is 10.2 Å². The molecule has 0 aromatic rings. The highest BCUT2D eigenvalue weighted by Crippen LogP contribution is 2.20. The molecule has 12 heteroatoms. The predicted molar refractivity (Wildman–Crippen MR) is 93.2 cm³/mol. The minimum atomic E-state index is -1.07. The Bertz CT molecular complexity index is 600. The molecule has 3 atom stereocenters. The summed E-state index contributed by atoms with van der Waals surface area (Å²) in [5.74, 6) is -1.56. The molecule has 0 aromatic heterocycles. The van der Waals surface area contributed by atoms with E-state index in [1.165, 1.54) is 13.8 Å². The predicted octanol–water partition coefficient (Wildman–Crippen LogP) is 2.96. The lowest BCUT2D eigenvalue weighted by Gasteiger charge is -2.27. The minimum Gasteiger partial charge on any atom is -0.466 e. The SMILES string of the molecule is CCOC(=O)CCCCC(OC(C)=O)C(N=[N+]=[N-])C(COC(C)=O)N=[N+]=[N-]. The van der Waals surface area contributed by atoms with E-state index in [-0.39, 0.29) is 32.0 Å². The normalized spacial score (nSPS) is 13.1. The summed E-state index contributed by atoms with van der Waals surface area (Å²) in [5, 5.41) is 7.07. The molecule has 0 aliphatic rings. The van der Waals surface area contributed by atoms with Crippen molar-refractivity contribution in [3.05, 3.63) is 20.9 Å². The molecule has 0 aliphatic carbocycles. The van der Waals surface area contributed by atoms with E-state index >= 15 is 0 Å². The first kappa shape index (κ1) is 24.0. The van der Waals surface area contributed by atoms with Gasteiger partial charge in [-0.2, -0.15) is 0 Å². The van der Waals surface area contributed by atoms with Gasteiger partial charge in [0.1, 0.15) is 12.7 Å². The van der Waals surface area contributed by atoms with Crippen LogP contribution in [0.4, 0.5) is 0 Å². The first-order valence-corrected chi connectivity index (χ1v) is 8.40. The summed E-state index contributed by atoms with van der Waals surface area (Å²) in [6.07, 6.45) is 0.465. The number of esters is 3. The lowest BCUT2D eigenvalue weighted by molar-refractivity contribution is -0.150. The molecule has 0 radical (unpaired) electrons. The summed E-state index contributed by atoms with van der Waals surface area (Å²) in [6, 6.07) is -2.12. The molecule has 0 spiro atoms. The smallest absolute Gasteiger partial charge is 0.305 e. The summed E-state index contributed by atoms with van der Waals surface area (Å²) in [4.78, 5) is 39.2. The Labute approximate surface area is 156 Å². The molecule has 0 bridgehead atoms. The highest BCUT2D eigenvalue weighted by atomic mass is 16.5. The van der Waals surface area contributed by atoms with Crippen molar-refractivity contribution in [1.82, 2.24) is 0 Å². The first-order chi connectivity index (χ1) is 12.8. The number of unbranched alkanes of at least 4 members (excludes halogenated alkanes) is 1. The summed E-state index contributed by atoms with van der Waals surface area (Å²) in [5.41, 5.74) is 17.6. The second-order valence-corrected chi connectivity index (χ2v) is 5.47. The molecule has 12 nitrogen and oxygen atoms in total. The Morgan fingerprint density at radius 3 is 2.19 bits per heavy atom. The molecule has 0 aliphatic heterocycles. The van der Waals surface area contributed by atoms with Crippen molar-refractivity contribution in [1.29, 1.82) is 0 Å². The van der Waals surface area contributed by atoms with Gasteiger partial charge in [0.05, 0.1) is 18.7 Å². The zero-order valence-electron chi connectivity index (χ0n) is 15.6. The van der Waals surface area contributed by atoms with Gasteiger partial charge in [-0.05, 0) is 37.2 Å². The summed E-state index contributed by atoms with van der Waals surface area (Å²) < 4.78 is 14.9. The van der Waals surface area contributed by atoms with Gasteiger partial charge in [0.15, 0.2) is 0 Å². The average molecular weight is 384 g/mol. The van der Waals surface area contributed by atoms with Crippen molar-refractivity contribution in [2.75, 3.05) is 13.2 Å². The highest BCUT2D eigenvalue weighted by Gasteiger charge is 2.31. The van der Waals surface area contributed by atoms with Gasteiger partial charge in [0, 0.05) is 30.1 Å². The molecule has 0 saturated heterocycles. The molecule has 0 heterocycles. The lowest BCUT2D eigenvalue weighted by atomic mass is 9.98. The Kier molecular flexibility index (Phi) is 12.7. The van der Waals surface area contributed by atoms with E-state index < -0.39 is 30.1 Å². The Morgan fingerprint density at radius 2 is 1.67 bits per heavy atom. The van der Waals surface area contributed by atoms with Crippen LogP contribution in [0.5, 0.6) is 0 Å². The van der Waals surface area contributed by atoms with Crippen molar-refractivity contribution in [2.24, 2.45) is 10.2 Å². The van der Waals surface area contributed by atoms with Crippen LogP contribution in [-0.2, 0) is 28.6 Å². The van der Waals surface area contributed by atoms with E-state index in [9.17, 15) is 14.4 Å². The van der Waals surface area contributed by atoms with Crippen LogP contribution < -0.4 is 0 Å². The molecule has 0 aromatic carbocycles. The largest absolute Gasteiger partial charge is 0.466 e. The lowest BCUT2D eigenvalue weighted by Crippen LogP contribution is -2.40. The molecule has 0 fully saturated rings. The third-order valence-corrected chi connectivity index (χ3v) is 3.36. The van der Waals surface area contributed by atoms with E-state index in [0.717, 1.165) is 0 Å². The first-order valence-electron chi connectivity index (χ1n) is 8.40. The molecular formula is C15H24N6O6. The summed E-state index contributed by atoms with van der Waals surface area (Å²) in [6.45, 7) is 4.03. The van der Waals surface area contributed by atoms with Crippen LogP contribution in [0.2, 0.25) is 0 Å². The molecule has 0 N–H and O–H groups in total. The maximum atomic E-state index is 11.4. The second kappa shape index (κ2) is 14.2. The van der Waals surface area contributed by atoms with Gasteiger partial charge in [-0.25, -0.2) is 0 Å². The Morgan fingerprint density at radius 1 is 1.00 bits per heavy atom. The molecule has 3 unspecified atom stereocenters. The van der Waals surface area contributed by atoms with Crippen LogP contribution in [-0.4, -0.2) is 49.3 Å². The maximum absolute atomic E-state index is 11.4. The van der Waals surface area contributed by atoms with Crippen LogP contribution >= 0.6 is 0 Å². The monoisotopic (exact) mass is 384 g/mol. The van der Waals surface area contributed by atoms with E-state index in [1.807, 2.05) is 0 Å². The topological polar surface area (TPSA) is 176 Å². The number of hydrogen-bond donors (Lipinski definition) is 0. The molecule has 27 heavy (non-hydrogen) atoms. The standard InChI is InChI=1S/C15H24N6O6/c1-4-25-14(24)8-6-5-7-13(27-11(3)23)15(19-21-17)12(18-20-16)9-26-10(2)22/h12-13,15H,4-9H2,1-3H3. The molecule has 0 amide bonds. The zero-order chi connectivity index (χ0) is 20.7. The molecule has 0 saturated carbocycles. The van der Waals surface area contributed by atoms with E-state index in [1.54, 1.807) is 6.92 Å². The van der Waals surface area contributed by atoms with Gasteiger partial charge in [0.25, 0.3) is 0 Å². The number of carbonyl (C=O) groups is 3. The van der Waals surface area contributed by atoms with Gasteiger partial charge in [-0.3, -0.25) is 14.4 Å². The fraction of sp³-hybridized carbons (Fsp3) is 0.800. The second-order valence-electron chi connectivity index (χ2n) is 5.47. The van der Waals surface area contributed by atoms with Crippen LogP contribution in [0.3, 0.4) is 0 Å². The van der Waals surface area contributed by atoms with E-state index in [2.05, 4.69) is 20.1 Å². The van der Waals surface area contributed by atoms with Crippen LogP contribution in [0.25, 0.3) is 20.9 Å². The zero-order valence-corrected chi connectivity index (χ0v) is 15.6. The summed E-state index contributed by atoms with van der Waals surface area (Å²) in [7, 11) is 0. The fourth-order valence-corrected chi connectivity index (χ4v) is 2.29. The van der Waals surface area contributed by atoms with Crippen molar-refractivity contribution < 1.29 is 28.6 Å². The number of hydrogen-bond acceptors (Lipinski definition) is 8. The van der Waals surface area contributed by atoms with Crippen LogP contribution in [0.1, 0.15) is 46.5 Å². The third kappa shape index (κ3) is 11.3. The molecular weight excluding hydrogens is 360 g/mol. The number of ether oxygens (including phenoxy) is 3. The van der Waals surface area contributed by atoms with Gasteiger partial charge in [-0.1, -0.05) is 10.2 Å². The number of carbonyl (C=O) groups excluding carboxylic acids is 3. The van der Waals surface area contributed by atoms with Crippen LogP contribution in [0, 0.1) is 0 Å². The Hall–Kier alpha value is -2.97. The third-order valence-electron chi connectivity index (χ3n) is 3.36. The Balaban J connectivity index is 5.17. The van der Waals surface area contributed by atoms with Gasteiger partial charge in [-0.15, -0.1) is 0 Å². The van der Waals surface area contributed by atoms with Crippen molar-refractivity contribution in [3.63, 3.8) is 0 Å². The van der Waals surface area contributed by atoms with Crippen molar-refractivity contribution >= 4 is 17.9 Å². The fourth-order valence-electron chi connectivity index (χ4n) is 2.29. The van der Waals surface area contributed by atoms with Gasteiger partial charge in [0.2, 0.25) is 0 Å². The van der Waals surface area contributed by atoms with Gasteiger partial charge < -0.3 is 14.2 Å². The number of azide groups is 2. The van der Waals surface area contributed by atoms with Crippen molar-refractivity contribution in [2.45, 2.75) is 64.6 Å². The number of nitrogens with zero attached hydrogens (tertiary/aromatic N) is 6. The quantitative estimate of drug-likeness (QED) is 0.118. The molecule has 0 rings (SSSR count). The maximum Gasteiger partial charge on any atom is 0.305 e. The molecule has 150 valence electrons. The minimum absolute atomic E-state index is 0.194. The van der Waals surface area contributed by atoms with E-state index in [0.29, 0.717) is 12.8 Å². The number of rotatable bonds is 13. The highest BCUT2D eigenvalue weighted by molar-refractivity contribution is 5.69. The summed E-state index contributed by atoms with van der Waals surface area (Å²) >= 11 is 0. The average Bonchev–Trinajstić information content (AvgIpc) is 2.59. The van der Waals surface area contributed by atoms with Gasteiger partial charge >= 0.3 is 17.9 Å².